The number of nitrogens with zero attached hydrogens (tertiary/aromatic N) is 3. The first-order valence-electron chi connectivity index (χ1n) is 18.0. The second-order valence-corrected chi connectivity index (χ2v) is 14.5. The van der Waals surface area contributed by atoms with Crippen molar-refractivity contribution in [2.75, 3.05) is 0 Å². The van der Waals surface area contributed by atoms with Gasteiger partial charge in [-0.15, -0.1) is 0 Å². The molecule has 0 saturated carbocycles. The molecule has 2 heterocycles. The molecule has 1 aliphatic carbocycles. The van der Waals surface area contributed by atoms with Gasteiger partial charge >= 0.3 is 0 Å². The lowest BCUT2D eigenvalue weighted by molar-refractivity contribution is 0.660. The minimum Gasteiger partial charge on any atom is -0.291 e. The van der Waals surface area contributed by atoms with Gasteiger partial charge < -0.3 is 0 Å². The molecule has 0 spiro atoms. The van der Waals surface area contributed by atoms with Crippen molar-refractivity contribution in [3.8, 4) is 39.3 Å². The van der Waals surface area contributed by atoms with Gasteiger partial charge in [0.05, 0.1) is 22.1 Å². The van der Waals surface area contributed by atoms with Gasteiger partial charge in [-0.1, -0.05) is 159 Å². The minimum absolute atomic E-state index is 0.112. The van der Waals surface area contributed by atoms with Gasteiger partial charge in [0, 0.05) is 32.7 Å². The molecule has 2 aromatic heterocycles. The highest BCUT2D eigenvalue weighted by Gasteiger charge is 2.35. The Balaban J connectivity index is 1.34. The number of benzene rings is 8. The van der Waals surface area contributed by atoms with Crippen molar-refractivity contribution in [1.29, 1.82) is 0 Å². The van der Waals surface area contributed by atoms with Crippen LogP contribution in [0.1, 0.15) is 25.0 Å². The molecule has 52 heavy (non-hydrogen) atoms. The second kappa shape index (κ2) is 10.7. The summed E-state index contributed by atoms with van der Waals surface area (Å²) in [6.45, 7) is 4.71. The van der Waals surface area contributed by atoms with Gasteiger partial charge in [-0.05, 0) is 62.2 Å². The van der Waals surface area contributed by atoms with Crippen LogP contribution in [-0.4, -0.2) is 14.5 Å². The number of fused-ring (bicyclic) bond motifs is 12. The average molecular weight is 664 g/mol. The first-order chi connectivity index (χ1) is 25.6. The lowest BCUT2D eigenvalue weighted by atomic mass is 9.81. The van der Waals surface area contributed by atoms with Gasteiger partial charge in [0.25, 0.3) is 0 Å². The van der Waals surface area contributed by atoms with Crippen LogP contribution in [0, 0.1) is 0 Å². The Morgan fingerprint density at radius 2 is 1.02 bits per heavy atom. The maximum absolute atomic E-state index is 5.52. The smallest absolute Gasteiger partial charge is 0.165 e. The molecular weight excluding hydrogens is 631 g/mol. The molecule has 10 aromatic rings. The number of rotatable bonds is 3. The molecule has 0 saturated heterocycles. The number of hydrogen-bond donors (Lipinski definition) is 0. The van der Waals surface area contributed by atoms with E-state index in [1.165, 1.54) is 65.7 Å². The Morgan fingerprint density at radius 1 is 0.423 bits per heavy atom. The first kappa shape index (κ1) is 29.2. The molecule has 0 aliphatic heterocycles. The number of hydrogen-bond acceptors (Lipinski definition) is 2. The maximum Gasteiger partial charge on any atom is 0.165 e. The quantitative estimate of drug-likeness (QED) is 0.176. The average Bonchev–Trinajstić information content (AvgIpc) is 3.67. The Morgan fingerprint density at radius 3 is 1.83 bits per heavy atom. The SMILES string of the molecule is CC1(C)c2ccccc2-c2ccc(-c3cccc4c5c6ccccc6c6ccccc6c5n(-c5nc6ccccc6nc5-c5ccccc5)c34)cc21. The van der Waals surface area contributed by atoms with Crippen LogP contribution in [0.15, 0.2) is 164 Å². The fourth-order valence-corrected chi connectivity index (χ4v) is 8.98. The standard InChI is InChI=1S/C49H33N3/c1-49(2)40-24-11-10-19-35(40)36-28-27-31(29-41(36)49)32-22-14-23-39-44-37-20-8-6-17-33(37)34-18-7-9-21-38(34)47(44)52(46(32)39)48-45(30-15-4-3-5-16-30)50-42-25-12-13-26-43(42)51-48/h3-29H,1-2H3. The molecule has 0 amide bonds. The summed E-state index contributed by atoms with van der Waals surface area (Å²) in [5, 5.41) is 7.33. The molecule has 244 valence electrons. The first-order valence-corrected chi connectivity index (χ1v) is 18.0. The molecule has 0 atom stereocenters. The van der Waals surface area contributed by atoms with Crippen molar-refractivity contribution < 1.29 is 0 Å². The summed E-state index contributed by atoms with van der Waals surface area (Å²) < 4.78 is 2.43. The van der Waals surface area contributed by atoms with Gasteiger partial charge in [-0.3, -0.25) is 4.57 Å². The Kier molecular flexibility index (Phi) is 6.01. The van der Waals surface area contributed by atoms with E-state index >= 15 is 0 Å². The Labute approximate surface area is 301 Å². The zero-order valence-corrected chi connectivity index (χ0v) is 28.9. The van der Waals surface area contributed by atoms with Crippen molar-refractivity contribution in [1.82, 2.24) is 14.5 Å². The maximum atomic E-state index is 5.52. The molecule has 1 aliphatic rings. The van der Waals surface area contributed by atoms with E-state index in [-0.39, 0.29) is 5.41 Å². The largest absolute Gasteiger partial charge is 0.291 e. The van der Waals surface area contributed by atoms with Gasteiger partial charge in [-0.25, -0.2) is 9.97 Å². The van der Waals surface area contributed by atoms with E-state index in [1.54, 1.807) is 0 Å². The molecule has 3 heteroatoms. The Bertz CT molecular complexity index is 3100. The highest BCUT2D eigenvalue weighted by molar-refractivity contribution is 6.33. The van der Waals surface area contributed by atoms with Gasteiger partial charge in [0.1, 0.15) is 5.69 Å². The molecule has 0 radical (unpaired) electrons. The lowest BCUT2D eigenvalue weighted by Gasteiger charge is -2.22. The molecule has 0 unspecified atom stereocenters. The third-order valence-electron chi connectivity index (χ3n) is 11.4. The number of para-hydroxylation sites is 3. The summed E-state index contributed by atoms with van der Waals surface area (Å²) in [6.07, 6.45) is 0. The predicted molar refractivity (Wildman–Crippen MR) is 217 cm³/mol. The van der Waals surface area contributed by atoms with Crippen molar-refractivity contribution in [3.05, 3.63) is 175 Å². The molecule has 11 rings (SSSR count). The van der Waals surface area contributed by atoms with Crippen LogP contribution in [0.25, 0.3) is 93.7 Å². The summed E-state index contributed by atoms with van der Waals surface area (Å²) in [7, 11) is 0. The molecule has 8 aromatic carbocycles. The van der Waals surface area contributed by atoms with Crippen LogP contribution in [0.3, 0.4) is 0 Å². The van der Waals surface area contributed by atoms with Crippen LogP contribution in [-0.2, 0) is 5.41 Å². The van der Waals surface area contributed by atoms with Crippen LogP contribution < -0.4 is 0 Å². The summed E-state index contributed by atoms with van der Waals surface area (Å²) in [5.41, 5.74) is 13.6. The summed E-state index contributed by atoms with van der Waals surface area (Å²) in [4.78, 5) is 10.9. The van der Waals surface area contributed by atoms with Crippen molar-refractivity contribution in [2.45, 2.75) is 19.3 Å². The van der Waals surface area contributed by atoms with E-state index in [2.05, 4.69) is 170 Å². The van der Waals surface area contributed by atoms with Gasteiger partial charge in [0.15, 0.2) is 5.82 Å². The van der Waals surface area contributed by atoms with Crippen LogP contribution >= 0.6 is 0 Å². The van der Waals surface area contributed by atoms with Gasteiger partial charge in [-0.2, -0.15) is 0 Å². The van der Waals surface area contributed by atoms with Crippen LogP contribution in [0.2, 0.25) is 0 Å². The van der Waals surface area contributed by atoms with Crippen molar-refractivity contribution >= 4 is 54.4 Å². The van der Waals surface area contributed by atoms with E-state index in [9.17, 15) is 0 Å². The zero-order chi connectivity index (χ0) is 34.6. The second-order valence-electron chi connectivity index (χ2n) is 14.5. The van der Waals surface area contributed by atoms with E-state index in [1.807, 2.05) is 12.1 Å². The van der Waals surface area contributed by atoms with Crippen LogP contribution in [0.5, 0.6) is 0 Å². The topological polar surface area (TPSA) is 30.7 Å². The summed E-state index contributed by atoms with van der Waals surface area (Å²) in [6, 6.07) is 59.2. The summed E-state index contributed by atoms with van der Waals surface area (Å²) in [5.74, 6) is 0.826. The molecule has 3 nitrogen and oxygen atoms in total. The predicted octanol–water partition coefficient (Wildman–Crippen LogP) is 12.7. The van der Waals surface area contributed by atoms with E-state index in [0.29, 0.717) is 0 Å². The van der Waals surface area contributed by atoms with Crippen molar-refractivity contribution in [2.24, 2.45) is 0 Å². The van der Waals surface area contributed by atoms with Gasteiger partial charge in [0.2, 0.25) is 0 Å². The molecular formula is C49H33N3. The normalized spacial score (nSPS) is 13.3. The highest BCUT2D eigenvalue weighted by Crippen LogP contribution is 2.51. The number of aromatic nitrogens is 3. The van der Waals surface area contributed by atoms with Crippen LogP contribution in [0.4, 0.5) is 0 Å². The fourth-order valence-electron chi connectivity index (χ4n) is 8.98. The summed E-state index contributed by atoms with van der Waals surface area (Å²) >= 11 is 0. The van der Waals surface area contributed by atoms with E-state index in [4.69, 9.17) is 9.97 Å². The monoisotopic (exact) mass is 663 g/mol. The third kappa shape index (κ3) is 3.96. The van der Waals surface area contributed by atoms with E-state index < -0.39 is 0 Å². The van der Waals surface area contributed by atoms with E-state index in [0.717, 1.165) is 39.1 Å². The minimum atomic E-state index is -0.112. The third-order valence-corrected chi connectivity index (χ3v) is 11.4. The molecule has 0 bridgehead atoms. The molecule has 0 N–H and O–H groups in total. The van der Waals surface area contributed by atoms with Crippen molar-refractivity contribution in [3.63, 3.8) is 0 Å². The fraction of sp³-hybridized carbons (Fsp3) is 0.0612. The highest BCUT2D eigenvalue weighted by atomic mass is 15.1. The molecule has 0 fully saturated rings. The lowest BCUT2D eigenvalue weighted by Crippen LogP contribution is -2.14. The Hall–Kier alpha value is -6.58. The zero-order valence-electron chi connectivity index (χ0n) is 28.9.